The first-order chi connectivity index (χ1) is 28.8. The van der Waals surface area contributed by atoms with Gasteiger partial charge in [0.05, 0.1) is 44.6 Å². The van der Waals surface area contributed by atoms with Crippen LogP contribution in [0.2, 0.25) is 0 Å². The van der Waals surface area contributed by atoms with Crippen LogP contribution in [0, 0.1) is 34.9 Å². The third-order valence-electron chi connectivity index (χ3n) is 7.59. The molecule has 0 saturated heterocycles. The van der Waals surface area contributed by atoms with Gasteiger partial charge >= 0.3 is 25.0 Å². The van der Waals surface area contributed by atoms with E-state index in [0.29, 0.717) is 16.6 Å². The largest absolute Gasteiger partial charge is 0.488 e. The molecule has 6 rings (SSSR count). The molecule has 0 unspecified atom stereocenters. The fourth-order valence-corrected chi connectivity index (χ4v) is 4.91. The van der Waals surface area contributed by atoms with Crippen molar-refractivity contribution >= 4 is 63.5 Å². The molecule has 3 aromatic carbocycles. The van der Waals surface area contributed by atoms with Crippen LogP contribution >= 0.6 is 15.9 Å². The number of benzene rings is 3. The molecule has 0 amide bonds. The van der Waals surface area contributed by atoms with Gasteiger partial charge in [-0.3, -0.25) is 0 Å². The van der Waals surface area contributed by atoms with E-state index in [1.807, 2.05) is 0 Å². The molecule has 22 heteroatoms. The molecule has 3 heterocycles. The molecule has 8 N–H and O–H groups in total. The summed E-state index contributed by atoms with van der Waals surface area (Å²) >= 11 is 2.83. The Bertz CT molecular complexity index is 2480. The second kappa shape index (κ2) is 22.4. The van der Waals surface area contributed by atoms with Crippen molar-refractivity contribution in [3.8, 4) is 22.4 Å². The molecule has 0 bridgehead atoms. The number of halogens is 7. The second-order valence-electron chi connectivity index (χ2n) is 11.6. The van der Waals surface area contributed by atoms with Gasteiger partial charge in [-0.25, -0.2) is 55.7 Å². The predicted molar refractivity (Wildman–Crippen MR) is 215 cm³/mol. The van der Waals surface area contributed by atoms with E-state index in [1.54, 1.807) is 0 Å². The van der Waals surface area contributed by atoms with Crippen LogP contribution in [0.4, 0.5) is 43.4 Å². The first kappa shape index (κ1) is 48.3. The average Bonchev–Trinajstić information content (AvgIpc) is 3.23. The molecular formula is C39H32BBrF6N6O8. The van der Waals surface area contributed by atoms with Crippen molar-refractivity contribution in [1.82, 2.24) is 15.0 Å². The highest BCUT2D eigenvalue weighted by molar-refractivity contribution is 9.10. The summed E-state index contributed by atoms with van der Waals surface area (Å²) in [5.74, 6) is -5.53. The number of aromatic nitrogens is 3. The molecule has 14 nitrogen and oxygen atoms in total. The Hall–Kier alpha value is -7.04. The number of pyridine rings is 3. The van der Waals surface area contributed by atoms with Crippen molar-refractivity contribution in [3.63, 3.8) is 0 Å². The van der Waals surface area contributed by atoms with Crippen LogP contribution < -0.4 is 22.7 Å². The van der Waals surface area contributed by atoms with Crippen LogP contribution in [0.5, 0.6) is 0 Å². The maximum atomic E-state index is 13.8. The minimum atomic E-state index is -1.51. The highest BCUT2D eigenvalue weighted by Crippen LogP contribution is 2.31. The van der Waals surface area contributed by atoms with Gasteiger partial charge in [0.2, 0.25) is 0 Å². The Kier molecular flexibility index (Phi) is 17.7. The van der Waals surface area contributed by atoms with Crippen LogP contribution in [0.1, 0.15) is 31.5 Å². The smallest absolute Gasteiger partial charge is 0.464 e. The lowest BCUT2D eigenvalue weighted by molar-refractivity contribution is 0.0586. The van der Waals surface area contributed by atoms with Crippen LogP contribution in [-0.2, 0) is 14.2 Å². The van der Waals surface area contributed by atoms with E-state index >= 15 is 0 Å². The number of nitrogen functional groups attached to an aromatic ring is 3. The number of ether oxygens (including phenoxy) is 3. The summed E-state index contributed by atoms with van der Waals surface area (Å²) in [6.07, 6.45) is 0.876. The zero-order valence-electron chi connectivity index (χ0n) is 31.8. The normalized spacial score (nSPS) is 10.0. The number of hydrogen-bond acceptors (Lipinski definition) is 14. The summed E-state index contributed by atoms with van der Waals surface area (Å²) in [6.45, 7) is 0. The van der Waals surface area contributed by atoms with Crippen LogP contribution in [0.25, 0.3) is 22.4 Å². The van der Waals surface area contributed by atoms with E-state index in [-0.39, 0.29) is 55.8 Å². The maximum absolute atomic E-state index is 13.8. The maximum Gasteiger partial charge on any atom is 0.488 e. The topological polar surface area (TPSA) is 236 Å². The first-order valence-electron chi connectivity index (χ1n) is 16.7. The van der Waals surface area contributed by atoms with Crippen molar-refractivity contribution in [3.05, 3.63) is 148 Å². The first-order valence-corrected chi connectivity index (χ1v) is 17.5. The molecule has 0 fully saturated rings. The van der Waals surface area contributed by atoms with E-state index < -0.39 is 54.1 Å². The van der Waals surface area contributed by atoms with Gasteiger partial charge in [-0.15, -0.1) is 0 Å². The lowest BCUT2D eigenvalue weighted by atomic mass is 9.80. The zero-order valence-corrected chi connectivity index (χ0v) is 33.4. The van der Waals surface area contributed by atoms with E-state index in [4.69, 9.17) is 27.2 Å². The molecule has 0 aliphatic carbocycles. The van der Waals surface area contributed by atoms with Gasteiger partial charge in [-0.1, -0.05) is 24.3 Å². The molecule has 0 radical (unpaired) electrons. The Morgan fingerprint density at radius 3 is 1.46 bits per heavy atom. The monoisotopic (exact) mass is 916 g/mol. The lowest BCUT2D eigenvalue weighted by Gasteiger charge is -2.10. The summed E-state index contributed by atoms with van der Waals surface area (Å²) < 4.78 is 91.6. The summed E-state index contributed by atoms with van der Waals surface area (Å²) in [5.41, 5.74) is 16.7. The number of esters is 3. The number of carbonyl (C=O) groups excluding carboxylic acids is 3. The Labute approximate surface area is 351 Å². The van der Waals surface area contributed by atoms with Gasteiger partial charge in [-0.05, 0) is 75.5 Å². The third kappa shape index (κ3) is 13.2. The molecule has 318 valence electrons. The van der Waals surface area contributed by atoms with Crippen LogP contribution in [0.3, 0.4) is 0 Å². The summed E-state index contributed by atoms with van der Waals surface area (Å²) in [4.78, 5) is 44.9. The van der Waals surface area contributed by atoms with Gasteiger partial charge in [0.15, 0.2) is 34.5 Å². The Morgan fingerprint density at radius 2 is 1.00 bits per heavy atom. The number of nitrogens with two attached hydrogens (primary N) is 3. The Morgan fingerprint density at radius 1 is 0.590 bits per heavy atom. The number of carbonyl (C=O) groups is 3. The second-order valence-corrected chi connectivity index (χ2v) is 12.4. The molecule has 0 spiro atoms. The summed E-state index contributed by atoms with van der Waals surface area (Å²) in [7, 11) is 2.02. The van der Waals surface area contributed by atoms with Gasteiger partial charge in [0.25, 0.3) is 0 Å². The fraction of sp³-hybridized carbons (Fsp3) is 0.0769. The summed E-state index contributed by atoms with van der Waals surface area (Å²) in [5, 5.41) is 17.1. The van der Waals surface area contributed by atoms with Gasteiger partial charge in [0.1, 0.15) is 27.7 Å². The van der Waals surface area contributed by atoms with Gasteiger partial charge in [0, 0.05) is 23.3 Å². The average molecular weight is 917 g/mol. The highest BCUT2D eigenvalue weighted by atomic mass is 79.9. The van der Waals surface area contributed by atoms with Crippen LogP contribution in [0.15, 0.2) is 95.7 Å². The minimum absolute atomic E-state index is 0.00426. The van der Waals surface area contributed by atoms with Crippen molar-refractivity contribution < 1.29 is 65.0 Å². The molecule has 0 atom stereocenters. The number of nitrogens with zero attached hydrogens (tertiary/aromatic N) is 3. The quantitative estimate of drug-likeness (QED) is 0.0447. The van der Waals surface area contributed by atoms with Crippen LogP contribution in [-0.4, -0.2) is 71.4 Å². The molecule has 0 aliphatic rings. The molecule has 0 saturated carbocycles. The highest BCUT2D eigenvalue weighted by Gasteiger charge is 2.20. The van der Waals surface area contributed by atoms with E-state index in [9.17, 15) is 40.7 Å². The third-order valence-corrected chi connectivity index (χ3v) is 8.15. The van der Waals surface area contributed by atoms with Crippen molar-refractivity contribution in [2.24, 2.45) is 0 Å². The predicted octanol–water partition coefficient (Wildman–Crippen LogP) is 5.65. The molecule has 6 aromatic rings. The zero-order chi connectivity index (χ0) is 45.6. The number of hydrogen-bond donors (Lipinski definition) is 5. The molecule has 0 aliphatic heterocycles. The van der Waals surface area contributed by atoms with E-state index in [0.717, 1.165) is 18.3 Å². The number of rotatable bonds is 6. The standard InChI is InChI=1S/2C13H10F2N2O2.C7H6BrFN2O2.C6H6BFO2/c1-19-13(18)12-11(16)10(9(15)6-17-12)7-2-4-8(14)5-3-7;1-19-13(18)12-10(16)6-9(15)11(17-12)7-2-4-8(14)5-3-7;1-13-7(12)5-4(10)2-3(9)6(8)11-5;8-6-3-1-5(2-4-6)7(9)10/h2*2-6H,16H2,1H3;2H,10H2,1H3;1-4,9-10H. The number of methoxy groups -OCH3 is 3. The van der Waals surface area contributed by atoms with E-state index in [1.165, 1.54) is 94.1 Å². The Balaban J connectivity index is 0.000000224. The fourth-order valence-electron chi connectivity index (χ4n) is 4.62. The van der Waals surface area contributed by atoms with Gasteiger partial charge < -0.3 is 41.5 Å². The molecule has 61 heavy (non-hydrogen) atoms. The van der Waals surface area contributed by atoms with E-state index in [2.05, 4.69) is 45.1 Å². The van der Waals surface area contributed by atoms with Crippen molar-refractivity contribution in [2.45, 2.75) is 0 Å². The SMILES string of the molecule is COC(=O)c1nc(-c2ccc(F)cc2)c(F)cc1N.COC(=O)c1nc(Br)c(F)cc1N.COC(=O)c1ncc(F)c(-c2ccc(F)cc2)c1N.OB(O)c1ccc(F)cc1. The van der Waals surface area contributed by atoms with Crippen molar-refractivity contribution in [1.29, 1.82) is 0 Å². The minimum Gasteiger partial charge on any atom is -0.464 e. The van der Waals surface area contributed by atoms with Gasteiger partial charge in [-0.2, -0.15) is 0 Å². The number of anilines is 3. The summed E-state index contributed by atoms with van der Waals surface area (Å²) in [6, 6.07) is 17.1. The van der Waals surface area contributed by atoms with Crippen molar-refractivity contribution in [2.75, 3.05) is 38.5 Å². The lowest BCUT2D eigenvalue weighted by Crippen LogP contribution is -2.29. The molecule has 3 aromatic heterocycles. The molecular weight excluding hydrogens is 885 g/mol.